The molecule has 2 aromatic rings. The zero-order chi connectivity index (χ0) is 9.42. The SMILES string of the molecule is Cn1cc(C=O)c2nc(Br)cnc21. The summed E-state index contributed by atoms with van der Waals surface area (Å²) in [5.74, 6) is 0. The quantitative estimate of drug-likeness (QED) is 0.710. The number of nitrogens with zero attached hydrogens (tertiary/aromatic N) is 3. The fraction of sp³-hybridized carbons (Fsp3) is 0.125. The Kier molecular flexibility index (Phi) is 1.88. The van der Waals surface area contributed by atoms with E-state index in [1.807, 2.05) is 7.05 Å². The van der Waals surface area contributed by atoms with E-state index in [1.54, 1.807) is 17.0 Å². The van der Waals surface area contributed by atoms with Gasteiger partial charge in [-0.25, -0.2) is 9.97 Å². The maximum absolute atomic E-state index is 10.6. The van der Waals surface area contributed by atoms with Crippen LogP contribution in [0.3, 0.4) is 0 Å². The fourth-order valence-corrected chi connectivity index (χ4v) is 1.51. The van der Waals surface area contributed by atoms with Gasteiger partial charge < -0.3 is 4.57 Å². The summed E-state index contributed by atoms with van der Waals surface area (Å²) in [5, 5.41) is 0. The molecule has 13 heavy (non-hydrogen) atoms. The van der Waals surface area contributed by atoms with Gasteiger partial charge >= 0.3 is 0 Å². The van der Waals surface area contributed by atoms with E-state index in [0.717, 1.165) is 6.29 Å². The minimum Gasteiger partial charge on any atom is -0.333 e. The van der Waals surface area contributed by atoms with Crippen LogP contribution in [0.25, 0.3) is 11.2 Å². The van der Waals surface area contributed by atoms with Gasteiger partial charge in [0.15, 0.2) is 11.9 Å². The van der Waals surface area contributed by atoms with Crippen LogP contribution in [-0.2, 0) is 7.05 Å². The van der Waals surface area contributed by atoms with Crippen LogP contribution in [0.4, 0.5) is 0 Å². The molecule has 0 saturated heterocycles. The average Bonchev–Trinajstić information content (AvgIpc) is 2.42. The molecule has 0 bridgehead atoms. The summed E-state index contributed by atoms with van der Waals surface area (Å²) in [4.78, 5) is 19.0. The monoisotopic (exact) mass is 239 g/mol. The molecular weight excluding hydrogens is 234 g/mol. The number of aryl methyl sites for hydroxylation is 1. The van der Waals surface area contributed by atoms with Gasteiger partial charge in [0.05, 0.1) is 11.8 Å². The van der Waals surface area contributed by atoms with Gasteiger partial charge in [-0.15, -0.1) is 0 Å². The lowest BCUT2D eigenvalue weighted by atomic mass is 10.3. The van der Waals surface area contributed by atoms with Crippen LogP contribution >= 0.6 is 15.9 Å². The number of aldehydes is 1. The summed E-state index contributed by atoms with van der Waals surface area (Å²) in [6, 6.07) is 0. The first-order chi connectivity index (χ1) is 6.22. The number of hydrogen-bond acceptors (Lipinski definition) is 3. The molecule has 2 heterocycles. The lowest BCUT2D eigenvalue weighted by Crippen LogP contribution is -1.88. The summed E-state index contributed by atoms with van der Waals surface area (Å²) >= 11 is 3.21. The van der Waals surface area contributed by atoms with Crippen molar-refractivity contribution in [2.24, 2.45) is 7.05 Å². The second-order valence-corrected chi connectivity index (χ2v) is 3.49. The van der Waals surface area contributed by atoms with Gasteiger partial charge in [0.1, 0.15) is 10.1 Å². The molecule has 0 N–H and O–H groups in total. The molecule has 0 spiro atoms. The van der Waals surface area contributed by atoms with Crippen LogP contribution < -0.4 is 0 Å². The van der Waals surface area contributed by atoms with Gasteiger partial charge in [0, 0.05) is 13.2 Å². The Labute approximate surface area is 82.7 Å². The molecule has 0 atom stereocenters. The van der Waals surface area contributed by atoms with Gasteiger partial charge in [-0.1, -0.05) is 0 Å². The third-order valence-corrected chi connectivity index (χ3v) is 2.17. The first-order valence-corrected chi connectivity index (χ1v) is 4.44. The van der Waals surface area contributed by atoms with Crippen LogP contribution in [0, 0.1) is 0 Å². The maximum atomic E-state index is 10.6. The van der Waals surface area contributed by atoms with Crippen molar-refractivity contribution >= 4 is 33.4 Å². The normalized spacial score (nSPS) is 10.6. The van der Waals surface area contributed by atoms with Crippen LogP contribution in [0.5, 0.6) is 0 Å². The lowest BCUT2D eigenvalue weighted by molar-refractivity contribution is 0.112. The third kappa shape index (κ3) is 1.25. The molecular formula is C8H6BrN3O. The molecule has 0 saturated carbocycles. The van der Waals surface area contributed by atoms with E-state index in [1.165, 1.54) is 0 Å². The molecule has 0 aliphatic carbocycles. The Morgan fingerprint density at radius 3 is 3.08 bits per heavy atom. The number of aromatic nitrogens is 3. The molecule has 2 aromatic heterocycles. The van der Waals surface area contributed by atoms with Crippen LogP contribution in [0.1, 0.15) is 10.4 Å². The lowest BCUT2D eigenvalue weighted by Gasteiger charge is -1.93. The van der Waals surface area contributed by atoms with E-state index in [4.69, 9.17) is 0 Å². The molecule has 0 fully saturated rings. The van der Waals surface area contributed by atoms with Crippen molar-refractivity contribution in [1.82, 2.24) is 14.5 Å². The summed E-state index contributed by atoms with van der Waals surface area (Å²) in [7, 11) is 1.83. The van der Waals surface area contributed by atoms with Gasteiger partial charge in [-0.3, -0.25) is 4.79 Å². The second kappa shape index (κ2) is 2.92. The molecule has 0 amide bonds. The highest BCUT2D eigenvalue weighted by atomic mass is 79.9. The van der Waals surface area contributed by atoms with Crippen LogP contribution in [-0.4, -0.2) is 20.8 Å². The molecule has 0 aliphatic heterocycles. The number of carbonyl (C=O) groups is 1. The standard InChI is InChI=1S/C8H6BrN3O/c1-12-3-5(4-13)7-8(12)10-2-6(9)11-7/h2-4H,1H3. The van der Waals surface area contributed by atoms with Crippen molar-refractivity contribution in [3.8, 4) is 0 Å². The minimum absolute atomic E-state index is 0.561. The summed E-state index contributed by atoms with van der Waals surface area (Å²) in [6.07, 6.45) is 4.10. The number of rotatable bonds is 1. The van der Waals surface area contributed by atoms with E-state index in [9.17, 15) is 4.79 Å². The van der Waals surface area contributed by atoms with Crippen LogP contribution in [0.2, 0.25) is 0 Å². The summed E-state index contributed by atoms with van der Waals surface area (Å²) < 4.78 is 2.41. The molecule has 0 radical (unpaired) electrons. The smallest absolute Gasteiger partial charge is 0.159 e. The van der Waals surface area contributed by atoms with Gasteiger partial charge in [0.25, 0.3) is 0 Å². The molecule has 0 unspecified atom stereocenters. The zero-order valence-corrected chi connectivity index (χ0v) is 8.45. The topological polar surface area (TPSA) is 47.8 Å². The Morgan fingerprint density at radius 2 is 2.38 bits per heavy atom. The Morgan fingerprint density at radius 1 is 1.62 bits per heavy atom. The molecule has 66 valence electrons. The highest BCUT2D eigenvalue weighted by molar-refractivity contribution is 9.10. The van der Waals surface area contributed by atoms with E-state index in [2.05, 4.69) is 25.9 Å². The molecule has 5 heteroatoms. The minimum atomic E-state index is 0.561. The van der Waals surface area contributed by atoms with Crippen molar-refractivity contribution in [2.75, 3.05) is 0 Å². The zero-order valence-electron chi connectivity index (χ0n) is 6.86. The molecule has 0 aliphatic rings. The largest absolute Gasteiger partial charge is 0.333 e. The third-order valence-electron chi connectivity index (χ3n) is 1.79. The van der Waals surface area contributed by atoms with Crippen LogP contribution in [0.15, 0.2) is 17.0 Å². The van der Waals surface area contributed by atoms with Crippen molar-refractivity contribution in [2.45, 2.75) is 0 Å². The van der Waals surface area contributed by atoms with Gasteiger partial charge in [-0.2, -0.15) is 0 Å². The van der Waals surface area contributed by atoms with E-state index < -0.39 is 0 Å². The Balaban J connectivity index is 2.89. The Hall–Kier alpha value is -1.23. The predicted molar refractivity (Wildman–Crippen MR) is 51.6 cm³/mol. The first kappa shape index (κ1) is 8.37. The summed E-state index contributed by atoms with van der Waals surface area (Å²) in [5.41, 5.74) is 1.91. The highest BCUT2D eigenvalue weighted by Crippen LogP contribution is 2.16. The van der Waals surface area contributed by atoms with Gasteiger partial charge in [0.2, 0.25) is 0 Å². The number of halogens is 1. The van der Waals surface area contributed by atoms with Crippen molar-refractivity contribution in [3.05, 3.63) is 22.6 Å². The average molecular weight is 240 g/mol. The van der Waals surface area contributed by atoms with E-state index in [0.29, 0.717) is 21.3 Å². The van der Waals surface area contributed by atoms with Crippen molar-refractivity contribution in [1.29, 1.82) is 0 Å². The van der Waals surface area contributed by atoms with Crippen molar-refractivity contribution < 1.29 is 4.79 Å². The van der Waals surface area contributed by atoms with E-state index in [-0.39, 0.29) is 0 Å². The maximum Gasteiger partial charge on any atom is 0.159 e. The highest BCUT2D eigenvalue weighted by Gasteiger charge is 2.08. The number of fused-ring (bicyclic) bond motifs is 1. The predicted octanol–water partition coefficient (Wildman–Crippen LogP) is 1.54. The number of hydrogen-bond donors (Lipinski definition) is 0. The Bertz CT molecular complexity index is 477. The fourth-order valence-electron chi connectivity index (χ4n) is 1.23. The van der Waals surface area contributed by atoms with E-state index >= 15 is 0 Å². The second-order valence-electron chi connectivity index (χ2n) is 2.68. The molecule has 0 aromatic carbocycles. The van der Waals surface area contributed by atoms with Gasteiger partial charge in [-0.05, 0) is 15.9 Å². The first-order valence-electron chi connectivity index (χ1n) is 3.65. The van der Waals surface area contributed by atoms with Crippen molar-refractivity contribution in [3.63, 3.8) is 0 Å². The number of carbonyl (C=O) groups excluding carboxylic acids is 1. The summed E-state index contributed by atoms with van der Waals surface area (Å²) in [6.45, 7) is 0. The molecule has 2 rings (SSSR count). The molecule has 4 nitrogen and oxygen atoms in total.